The molecular formula is C30H31ClFN5O3. The highest BCUT2D eigenvalue weighted by atomic mass is 35.5. The second-order valence-corrected chi connectivity index (χ2v) is 10.2. The lowest BCUT2D eigenvalue weighted by Gasteiger charge is -2.45. The van der Waals surface area contributed by atoms with Gasteiger partial charge in [0.05, 0.1) is 28.4 Å². The Morgan fingerprint density at radius 2 is 1.98 bits per heavy atom. The molecule has 0 radical (unpaired) electrons. The summed E-state index contributed by atoms with van der Waals surface area (Å²) in [6.07, 6.45) is 2.10. The number of carbonyl (C=O) groups excluding carboxylic acids is 1. The number of hydrogen-bond donors (Lipinski definition) is 3. The molecular weight excluding hydrogens is 533 g/mol. The monoisotopic (exact) mass is 563 g/mol. The van der Waals surface area contributed by atoms with Gasteiger partial charge in [0.2, 0.25) is 0 Å². The number of nitrogens with zero attached hydrogens (tertiary/aromatic N) is 3. The first-order chi connectivity index (χ1) is 19.4. The van der Waals surface area contributed by atoms with Crippen molar-refractivity contribution < 1.29 is 19.1 Å². The third-order valence-corrected chi connectivity index (χ3v) is 7.46. The largest absolute Gasteiger partial charge is 0.465 e. The van der Waals surface area contributed by atoms with Crippen molar-refractivity contribution in [2.75, 3.05) is 30.8 Å². The first kappa shape index (κ1) is 28.8. The van der Waals surface area contributed by atoms with Crippen molar-refractivity contribution in [3.63, 3.8) is 0 Å². The fourth-order valence-corrected chi connectivity index (χ4v) is 5.54. The molecule has 0 saturated carbocycles. The average molecular weight is 564 g/mol. The second-order valence-electron chi connectivity index (χ2n) is 9.79. The highest BCUT2D eigenvalue weighted by Gasteiger charge is 2.41. The number of amides is 2. The molecule has 3 aromatic rings. The molecule has 1 saturated heterocycles. The molecule has 2 aromatic carbocycles. The Bertz CT molecular complexity index is 1410. The van der Waals surface area contributed by atoms with Crippen molar-refractivity contribution in [3.05, 3.63) is 83.2 Å². The van der Waals surface area contributed by atoms with Gasteiger partial charge in [-0.15, -0.1) is 11.6 Å². The van der Waals surface area contributed by atoms with Gasteiger partial charge in [0, 0.05) is 31.1 Å². The fourth-order valence-electron chi connectivity index (χ4n) is 5.19. The highest BCUT2D eigenvalue weighted by Crippen LogP contribution is 2.32. The van der Waals surface area contributed by atoms with Gasteiger partial charge >= 0.3 is 6.09 Å². The molecule has 3 N–H and O–H groups in total. The van der Waals surface area contributed by atoms with Crippen molar-refractivity contribution >= 4 is 29.4 Å². The summed E-state index contributed by atoms with van der Waals surface area (Å²) in [6.45, 7) is 0.888. The molecule has 2 heterocycles. The van der Waals surface area contributed by atoms with Crippen molar-refractivity contribution in [2.45, 2.75) is 37.6 Å². The van der Waals surface area contributed by atoms with E-state index in [1.807, 2.05) is 12.1 Å². The van der Waals surface area contributed by atoms with E-state index in [1.165, 1.54) is 17.0 Å². The lowest BCUT2D eigenvalue weighted by atomic mass is 9.84. The molecule has 0 bridgehead atoms. The molecule has 8 nitrogen and oxygen atoms in total. The smallest absolute Gasteiger partial charge is 0.407 e. The standard InChI is InChI=1S/C30H31ClFN5O3/c31-15-14-30(13-3-4-17-37(30)29(39)40)20-35-28(38)25-10-11-26(24-9-2-1-7-22(24)19-33)36-27(25)34-16-12-21-6-5-8-23(32)18-21/h1-2,5-11,18H,3-4,12-17,20H2,(H,34,36)(H,35,38)(H,39,40)/t30-/m1/s1. The van der Waals surface area contributed by atoms with Crippen LogP contribution in [0.5, 0.6) is 0 Å². The number of anilines is 1. The summed E-state index contributed by atoms with van der Waals surface area (Å²) < 4.78 is 13.6. The molecule has 1 atom stereocenters. The van der Waals surface area contributed by atoms with Crippen LogP contribution in [-0.2, 0) is 6.42 Å². The van der Waals surface area contributed by atoms with E-state index in [4.69, 9.17) is 16.6 Å². The Hall–Kier alpha value is -4.16. The van der Waals surface area contributed by atoms with Crippen molar-refractivity contribution in [2.24, 2.45) is 0 Å². The van der Waals surface area contributed by atoms with Gasteiger partial charge in [-0.25, -0.2) is 14.2 Å². The average Bonchev–Trinajstić information content (AvgIpc) is 2.96. The first-order valence-electron chi connectivity index (χ1n) is 13.2. The number of carbonyl (C=O) groups is 2. The number of piperidine rings is 1. The highest BCUT2D eigenvalue weighted by molar-refractivity contribution is 6.17. The van der Waals surface area contributed by atoms with Gasteiger partial charge in [0.1, 0.15) is 11.6 Å². The predicted molar refractivity (Wildman–Crippen MR) is 152 cm³/mol. The van der Waals surface area contributed by atoms with Crippen molar-refractivity contribution in [1.29, 1.82) is 5.26 Å². The zero-order valence-electron chi connectivity index (χ0n) is 22.0. The van der Waals surface area contributed by atoms with E-state index >= 15 is 0 Å². The number of halogens is 2. The summed E-state index contributed by atoms with van der Waals surface area (Å²) in [5.74, 6) is -0.161. The van der Waals surface area contributed by atoms with Crippen LogP contribution in [0.1, 0.15) is 47.2 Å². The number of benzene rings is 2. The number of nitriles is 1. The van der Waals surface area contributed by atoms with Crippen LogP contribution in [0.15, 0.2) is 60.7 Å². The molecule has 1 aliphatic rings. The summed E-state index contributed by atoms with van der Waals surface area (Å²) in [5.41, 5.74) is 1.88. The lowest BCUT2D eigenvalue weighted by molar-refractivity contribution is 0.0427. The number of nitrogens with one attached hydrogen (secondary N) is 2. The quantitative estimate of drug-likeness (QED) is 0.273. The minimum Gasteiger partial charge on any atom is -0.465 e. The number of rotatable bonds is 10. The molecule has 1 aliphatic heterocycles. The third-order valence-electron chi connectivity index (χ3n) is 7.27. The molecule has 1 fully saturated rings. The van der Waals surface area contributed by atoms with Crippen LogP contribution in [0.2, 0.25) is 0 Å². The van der Waals surface area contributed by atoms with E-state index in [-0.39, 0.29) is 23.8 Å². The minimum atomic E-state index is -1.03. The molecule has 10 heteroatoms. The summed E-state index contributed by atoms with van der Waals surface area (Å²) >= 11 is 6.07. The van der Waals surface area contributed by atoms with Crippen LogP contribution >= 0.6 is 11.6 Å². The fraction of sp³-hybridized carbons (Fsp3) is 0.333. The molecule has 0 aliphatic carbocycles. The number of carboxylic acid groups (broad SMARTS) is 1. The van der Waals surface area contributed by atoms with E-state index in [2.05, 4.69) is 16.7 Å². The topological polar surface area (TPSA) is 118 Å². The van der Waals surface area contributed by atoms with Gasteiger partial charge in [0.25, 0.3) is 5.91 Å². The van der Waals surface area contributed by atoms with Gasteiger partial charge < -0.3 is 20.6 Å². The summed E-state index contributed by atoms with van der Waals surface area (Å²) in [5, 5.41) is 25.5. The van der Waals surface area contributed by atoms with E-state index in [9.17, 15) is 24.3 Å². The second kappa shape index (κ2) is 13.3. The van der Waals surface area contributed by atoms with Gasteiger partial charge in [0.15, 0.2) is 0 Å². The predicted octanol–water partition coefficient (Wildman–Crippen LogP) is 5.68. The minimum absolute atomic E-state index is 0.118. The Morgan fingerprint density at radius 3 is 2.73 bits per heavy atom. The number of aromatic nitrogens is 1. The number of hydrogen-bond acceptors (Lipinski definition) is 5. The molecule has 4 rings (SSSR count). The molecule has 0 spiro atoms. The Labute approximate surface area is 237 Å². The maximum absolute atomic E-state index is 13.6. The van der Waals surface area contributed by atoms with E-state index < -0.39 is 17.5 Å². The van der Waals surface area contributed by atoms with E-state index in [0.29, 0.717) is 55.0 Å². The Morgan fingerprint density at radius 1 is 1.15 bits per heavy atom. The zero-order chi connectivity index (χ0) is 28.5. The maximum atomic E-state index is 13.6. The number of likely N-dealkylation sites (tertiary alicyclic amines) is 1. The molecule has 40 heavy (non-hydrogen) atoms. The zero-order valence-corrected chi connectivity index (χ0v) is 22.8. The van der Waals surface area contributed by atoms with Gasteiger partial charge in [-0.2, -0.15) is 5.26 Å². The summed E-state index contributed by atoms with van der Waals surface area (Å²) in [6, 6.07) is 18.9. The lowest BCUT2D eigenvalue weighted by Crippen LogP contribution is -2.60. The van der Waals surface area contributed by atoms with Crippen molar-refractivity contribution in [1.82, 2.24) is 15.2 Å². The molecule has 208 valence electrons. The molecule has 2 amide bonds. The summed E-state index contributed by atoms with van der Waals surface area (Å²) in [7, 11) is 0. The van der Waals surface area contributed by atoms with Gasteiger partial charge in [-0.3, -0.25) is 4.79 Å². The maximum Gasteiger partial charge on any atom is 0.407 e. The van der Waals surface area contributed by atoms with Crippen molar-refractivity contribution in [3.8, 4) is 17.3 Å². The van der Waals surface area contributed by atoms with Crippen LogP contribution in [0.3, 0.4) is 0 Å². The van der Waals surface area contributed by atoms with Crippen LogP contribution in [0.4, 0.5) is 15.0 Å². The molecule has 0 unspecified atom stereocenters. The first-order valence-corrected chi connectivity index (χ1v) is 13.7. The van der Waals surface area contributed by atoms with Crippen LogP contribution in [-0.4, -0.2) is 58.0 Å². The Balaban J connectivity index is 1.60. The normalized spacial score (nSPS) is 16.7. The number of pyridine rings is 1. The van der Waals surface area contributed by atoms with Crippen LogP contribution < -0.4 is 10.6 Å². The van der Waals surface area contributed by atoms with E-state index in [1.54, 1.807) is 36.4 Å². The Kier molecular flexibility index (Phi) is 9.56. The van der Waals surface area contributed by atoms with Gasteiger partial charge in [-0.05, 0) is 68.0 Å². The van der Waals surface area contributed by atoms with Crippen LogP contribution in [0, 0.1) is 17.1 Å². The van der Waals surface area contributed by atoms with E-state index in [0.717, 1.165) is 18.4 Å². The molecule has 1 aromatic heterocycles. The van der Waals surface area contributed by atoms with Gasteiger partial charge in [-0.1, -0.05) is 30.3 Å². The summed E-state index contributed by atoms with van der Waals surface area (Å²) in [4.78, 5) is 31.6. The number of alkyl halides is 1. The third kappa shape index (κ3) is 6.69. The van der Waals surface area contributed by atoms with Crippen LogP contribution in [0.25, 0.3) is 11.3 Å². The SMILES string of the molecule is N#Cc1ccccc1-c1ccc(C(=O)NC[C@]2(CCCl)CCCCN2C(=O)O)c(NCCc2cccc(F)c2)n1.